The summed E-state index contributed by atoms with van der Waals surface area (Å²) >= 11 is 0. The van der Waals surface area contributed by atoms with Crippen LogP contribution < -0.4 is 5.32 Å². The molecule has 1 aliphatic rings. The van der Waals surface area contributed by atoms with Crippen molar-refractivity contribution in [3.05, 3.63) is 59.4 Å². The number of aromatic nitrogens is 1. The molecule has 0 saturated carbocycles. The molecule has 0 radical (unpaired) electrons. The summed E-state index contributed by atoms with van der Waals surface area (Å²) in [5.74, 6) is -0.0996. The number of hydrogen-bond donors (Lipinski definition) is 1. The van der Waals surface area contributed by atoms with E-state index in [0.29, 0.717) is 25.9 Å². The number of carbonyl (C=O) groups is 2. The van der Waals surface area contributed by atoms with E-state index >= 15 is 0 Å². The third-order valence-corrected chi connectivity index (χ3v) is 4.58. The maximum Gasteiger partial charge on any atom is 0.229 e. The summed E-state index contributed by atoms with van der Waals surface area (Å²) in [5, 5.41) is 3.00. The maximum absolute atomic E-state index is 12.7. The molecule has 130 valence electrons. The van der Waals surface area contributed by atoms with Crippen LogP contribution in [-0.2, 0) is 16.1 Å². The van der Waals surface area contributed by atoms with E-state index < -0.39 is 0 Å². The van der Waals surface area contributed by atoms with Gasteiger partial charge in [-0.25, -0.2) is 0 Å². The number of hydrogen-bond acceptors (Lipinski definition) is 3. The summed E-state index contributed by atoms with van der Waals surface area (Å²) in [6.45, 7) is 4.84. The van der Waals surface area contributed by atoms with Crippen molar-refractivity contribution in [1.82, 2.24) is 9.88 Å². The van der Waals surface area contributed by atoms with Crippen molar-refractivity contribution < 1.29 is 9.59 Å². The number of benzene rings is 1. The molecule has 0 bridgehead atoms. The smallest absolute Gasteiger partial charge is 0.229 e. The zero-order chi connectivity index (χ0) is 17.8. The van der Waals surface area contributed by atoms with Crippen molar-refractivity contribution in [2.75, 3.05) is 11.9 Å². The minimum atomic E-state index is -0.186. The average Bonchev–Trinajstić information content (AvgIpc) is 2.61. The Bertz CT molecular complexity index is 774. The second-order valence-electron chi connectivity index (χ2n) is 6.63. The van der Waals surface area contributed by atoms with Crippen molar-refractivity contribution in [2.24, 2.45) is 5.92 Å². The van der Waals surface area contributed by atoms with Crippen LogP contribution in [0.1, 0.15) is 29.7 Å². The highest BCUT2D eigenvalue weighted by Gasteiger charge is 2.30. The van der Waals surface area contributed by atoms with E-state index in [4.69, 9.17) is 0 Å². The number of amides is 2. The van der Waals surface area contributed by atoms with Gasteiger partial charge in [0.15, 0.2) is 0 Å². The molecule has 25 heavy (non-hydrogen) atoms. The molecular weight excluding hydrogens is 314 g/mol. The third kappa shape index (κ3) is 4.24. The Balaban J connectivity index is 1.67. The number of piperidine rings is 1. The lowest BCUT2D eigenvalue weighted by atomic mass is 9.96. The zero-order valence-corrected chi connectivity index (χ0v) is 14.7. The van der Waals surface area contributed by atoms with E-state index in [9.17, 15) is 9.59 Å². The molecule has 1 aromatic carbocycles. The normalized spacial score (nSPS) is 17.4. The molecule has 0 aliphatic carbocycles. The lowest BCUT2D eigenvalue weighted by Crippen LogP contribution is -2.43. The molecule has 1 atom stereocenters. The van der Waals surface area contributed by atoms with Gasteiger partial charge < -0.3 is 10.2 Å². The van der Waals surface area contributed by atoms with Crippen LogP contribution in [0.3, 0.4) is 0 Å². The SMILES string of the molecule is Cc1cc(NC(=O)C2CCC(=O)N(Cc3ccccc3)C2)c(C)cn1. The van der Waals surface area contributed by atoms with E-state index in [1.807, 2.05) is 50.2 Å². The molecule has 1 fully saturated rings. The van der Waals surface area contributed by atoms with Gasteiger partial charge in [0.05, 0.1) is 5.92 Å². The standard InChI is InChI=1S/C20H23N3O2/c1-14-11-21-15(2)10-18(14)22-20(25)17-8-9-19(24)23(13-17)12-16-6-4-3-5-7-16/h3-7,10-11,17H,8-9,12-13H2,1-2H3,(H,21,22,25). The van der Waals surface area contributed by atoms with Gasteiger partial charge in [0.2, 0.25) is 11.8 Å². The fourth-order valence-corrected chi connectivity index (χ4v) is 3.08. The van der Waals surface area contributed by atoms with Crippen LogP contribution in [0.2, 0.25) is 0 Å². The van der Waals surface area contributed by atoms with Gasteiger partial charge in [-0.2, -0.15) is 0 Å². The number of nitrogens with zero attached hydrogens (tertiary/aromatic N) is 2. The van der Waals surface area contributed by atoms with Crippen molar-refractivity contribution in [1.29, 1.82) is 0 Å². The van der Waals surface area contributed by atoms with Crippen molar-refractivity contribution in [3.63, 3.8) is 0 Å². The number of anilines is 1. The molecule has 5 heteroatoms. The van der Waals surface area contributed by atoms with E-state index in [-0.39, 0.29) is 17.7 Å². The third-order valence-electron chi connectivity index (χ3n) is 4.58. The monoisotopic (exact) mass is 337 g/mol. The Morgan fingerprint density at radius 1 is 1.28 bits per heavy atom. The largest absolute Gasteiger partial charge is 0.338 e. The first kappa shape index (κ1) is 17.1. The van der Waals surface area contributed by atoms with E-state index in [1.54, 1.807) is 11.1 Å². The van der Waals surface area contributed by atoms with Crippen LogP contribution in [-0.4, -0.2) is 28.2 Å². The Morgan fingerprint density at radius 2 is 2.04 bits per heavy atom. The highest BCUT2D eigenvalue weighted by Crippen LogP contribution is 2.22. The topological polar surface area (TPSA) is 62.3 Å². The van der Waals surface area contributed by atoms with E-state index in [1.165, 1.54) is 0 Å². The summed E-state index contributed by atoms with van der Waals surface area (Å²) in [6, 6.07) is 11.8. The fourth-order valence-electron chi connectivity index (χ4n) is 3.08. The molecule has 1 aliphatic heterocycles. The number of likely N-dealkylation sites (tertiary alicyclic amines) is 1. The molecule has 1 saturated heterocycles. The fraction of sp³-hybridized carbons (Fsp3) is 0.350. The van der Waals surface area contributed by atoms with Gasteiger partial charge in [-0.1, -0.05) is 30.3 Å². The van der Waals surface area contributed by atoms with Crippen LogP contribution in [0.15, 0.2) is 42.6 Å². The molecule has 2 amide bonds. The average molecular weight is 337 g/mol. The Morgan fingerprint density at radius 3 is 2.80 bits per heavy atom. The molecular formula is C20H23N3O2. The first-order valence-electron chi connectivity index (χ1n) is 8.59. The lowest BCUT2D eigenvalue weighted by molar-refractivity contribution is -0.137. The molecule has 1 unspecified atom stereocenters. The minimum Gasteiger partial charge on any atom is -0.338 e. The first-order valence-corrected chi connectivity index (χ1v) is 8.59. The van der Waals surface area contributed by atoms with E-state index in [2.05, 4.69) is 10.3 Å². The Labute approximate surface area is 148 Å². The van der Waals surface area contributed by atoms with Gasteiger partial charge in [-0.15, -0.1) is 0 Å². The van der Waals surface area contributed by atoms with Gasteiger partial charge in [0.1, 0.15) is 0 Å². The highest BCUT2D eigenvalue weighted by molar-refractivity contribution is 5.94. The lowest BCUT2D eigenvalue weighted by Gasteiger charge is -2.32. The first-order chi connectivity index (χ1) is 12.0. The summed E-state index contributed by atoms with van der Waals surface area (Å²) in [7, 11) is 0. The summed E-state index contributed by atoms with van der Waals surface area (Å²) < 4.78 is 0. The van der Waals surface area contributed by atoms with Crippen LogP contribution in [0.5, 0.6) is 0 Å². The van der Waals surface area contributed by atoms with Crippen LogP contribution in [0.4, 0.5) is 5.69 Å². The van der Waals surface area contributed by atoms with Crippen molar-refractivity contribution >= 4 is 17.5 Å². The van der Waals surface area contributed by atoms with Gasteiger partial charge in [-0.05, 0) is 37.5 Å². The molecule has 0 spiro atoms. The quantitative estimate of drug-likeness (QED) is 0.932. The summed E-state index contributed by atoms with van der Waals surface area (Å²) in [5.41, 5.74) is 3.68. The number of rotatable bonds is 4. The van der Waals surface area contributed by atoms with Gasteiger partial charge >= 0.3 is 0 Å². The molecule has 2 aromatic rings. The molecule has 1 N–H and O–H groups in total. The van der Waals surface area contributed by atoms with E-state index in [0.717, 1.165) is 22.5 Å². The molecule has 5 nitrogen and oxygen atoms in total. The second kappa shape index (κ2) is 7.47. The summed E-state index contributed by atoms with van der Waals surface area (Å²) in [4.78, 5) is 30.9. The molecule has 2 heterocycles. The predicted molar refractivity (Wildman–Crippen MR) is 96.9 cm³/mol. The van der Waals surface area contributed by atoms with Crippen LogP contribution in [0.25, 0.3) is 0 Å². The number of aryl methyl sites for hydroxylation is 2. The number of nitrogens with one attached hydrogen (secondary N) is 1. The highest BCUT2D eigenvalue weighted by atomic mass is 16.2. The maximum atomic E-state index is 12.7. The predicted octanol–water partition coefficient (Wildman–Crippen LogP) is 3.08. The summed E-state index contributed by atoms with van der Waals surface area (Å²) in [6.07, 6.45) is 2.77. The van der Waals surface area contributed by atoms with Gasteiger partial charge in [0, 0.05) is 37.1 Å². The second-order valence-corrected chi connectivity index (χ2v) is 6.63. The molecule has 3 rings (SSSR count). The van der Waals surface area contributed by atoms with Gasteiger partial charge in [0.25, 0.3) is 0 Å². The van der Waals surface area contributed by atoms with Crippen LogP contribution in [0, 0.1) is 19.8 Å². The molecule has 1 aromatic heterocycles. The van der Waals surface area contributed by atoms with Crippen molar-refractivity contribution in [2.45, 2.75) is 33.2 Å². The van der Waals surface area contributed by atoms with Crippen molar-refractivity contribution in [3.8, 4) is 0 Å². The van der Waals surface area contributed by atoms with Crippen LogP contribution >= 0.6 is 0 Å². The minimum absolute atomic E-state index is 0.0285. The van der Waals surface area contributed by atoms with Gasteiger partial charge in [-0.3, -0.25) is 14.6 Å². The number of pyridine rings is 1. The zero-order valence-electron chi connectivity index (χ0n) is 14.7. The Kier molecular flexibility index (Phi) is 5.12. The number of carbonyl (C=O) groups excluding carboxylic acids is 2. The Hall–Kier alpha value is -2.69.